The summed E-state index contributed by atoms with van der Waals surface area (Å²) >= 11 is 4.44. The molecule has 0 radical (unpaired) electrons. The topological polar surface area (TPSA) is 138 Å². The molecule has 0 unspecified atom stereocenters. The molecule has 0 saturated carbocycles. The van der Waals surface area contributed by atoms with Crippen molar-refractivity contribution in [2.24, 2.45) is 4.99 Å². The summed E-state index contributed by atoms with van der Waals surface area (Å²) in [5, 5.41) is 21.9. The van der Waals surface area contributed by atoms with Crippen LogP contribution in [0.1, 0.15) is 31.4 Å². The van der Waals surface area contributed by atoms with Gasteiger partial charge in [-0.15, -0.1) is 0 Å². The van der Waals surface area contributed by atoms with Crippen LogP contribution in [0.4, 0.5) is 5.69 Å². The van der Waals surface area contributed by atoms with Crippen LogP contribution in [0.3, 0.4) is 0 Å². The molecular weight excluding hydrogens is 568 g/mol. The van der Waals surface area contributed by atoms with E-state index in [0.717, 1.165) is 11.8 Å². The summed E-state index contributed by atoms with van der Waals surface area (Å²) < 4.78 is 16.9. The largest absolute Gasteiger partial charge is 0.506 e. The Labute approximate surface area is 225 Å². The van der Waals surface area contributed by atoms with Crippen molar-refractivity contribution in [3.63, 3.8) is 0 Å². The van der Waals surface area contributed by atoms with E-state index in [0.29, 0.717) is 32.0 Å². The molecule has 12 heteroatoms. The molecule has 1 aliphatic heterocycles. The number of carbonyl (C=O) groups is 2. The van der Waals surface area contributed by atoms with Crippen LogP contribution in [0.2, 0.25) is 0 Å². The lowest BCUT2D eigenvalue weighted by Gasteiger charge is -2.14. The molecule has 2 aromatic rings. The van der Waals surface area contributed by atoms with Crippen LogP contribution >= 0.6 is 27.7 Å². The Morgan fingerprint density at radius 3 is 2.65 bits per heavy atom. The SMILES string of the molecule is CCOC(=O)C1=C(O)/C(=C/c2cc(Br)c(OCc3cccc([N+](=O)[O-])c3)c(OC)c2)SC1=NC(=O)CC. The molecule has 1 amide bonds. The second-order valence-corrected chi connectivity index (χ2v) is 9.35. The highest BCUT2D eigenvalue weighted by Crippen LogP contribution is 2.42. The standard InChI is InChI=1S/C25H23BrN2O8S/c1-4-20(29)27-24-21(25(31)35-5-2)22(30)19(37-24)12-15-10-17(26)23(18(11-15)34-3)36-13-14-7-6-8-16(9-14)28(32)33/h6-12,30H,4-5,13H2,1-3H3/b19-12-,27-24?. The number of nitro benzene ring substituents is 1. The van der Waals surface area contributed by atoms with Crippen LogP contribution in [0.15, 0.2) is 62.1 Å². The summed E-state index contributed by atoms with van der Waals surface area (Å²) in [6.07, 6.45) is 1.75. The molecule has 0 saturated heterocycles. The van der Waals surface area contributed by atoms with E-state index < -0.39 is 16.8 Å². The third-order valence-corrected chi connectivity index (χ3v) is 6.56. The van der Waals surface area contributed by atoms with E-state index in [9.17, 15) is 24.8 Å². The monoisotopic (exact) mass is 590 g/mol. The number of non-ortho nitro benzene ring substituents is 1. The number of aliphatic hydroxyl groups excluding tert-OH is 1. The maximum Gasteiger partial charge on any atom is 0.344 e. The molecule has 1 N–H and O–H groups in total. The van der Waals surface area contributed by atoms with E-state index in [-0.39, 0.29) is 41.7 Å². The Morgan fingerprint density at radius 2 is 2.00 bits per heavy atom. The van der Waals surface area contributed by atoms with E-state index in [1.807, 2.05) is 0 Å². The van der Waals surface area contributed by atoms with Crippen molar-refractivity contribution in [2.75, 3.05) is 13.7 Å². The summed E-state index contributed by atoms with van der Waals surface area (Å²) in [7, 11) is 1.46. The van der Waals surface area contributed by atoms with Gasteiger partial charge in [0.25, 0.3) is 5.69 Å². The van der Waals surface area contributed by atoms with Gasteiger partial charge >= 0.3 is 5.97 Å². The molecule has 0 spiro atoms. The molecule has 0 atom stereocenters. The number of ether oxygens (including phenoxy) is 3. The van der Waals surface area contributed by atoms with Crippen molar-refractivity contribution >= 4 is 56.4 Å². The van der Waals surface area contributed by atoms with Gasteiger partial charge in [0.2, 0.25) is 5.91 Å². The molecular formula is C25H23BrN2O8S. The van der Waals surface area contributed by atoms with Gasteiger partial charge < -0.3 is 19.3 Å². The molecule has 0 aliphatic carbocycles. The van der Waals surface area contributed by atoms with Gasteiger partial charge in [-0.25, -0.2) is 9.79 Å². The number of rotatable bonds is 9. The number of amides is 1. The number of methoxy groups -OCH3 is 1. The van der Waals surface area contributed by atoms with Gasteiger partial charge in [-0.2, -0.15) is 0 Å². The first-order valence-corrected chi connectivity index (χ1v) is 12.6. The Morgan fingerprint density at radius 1 is 1.24 bits per heavy atom. The van der Waals surface area contributed by atoms with Gasteiger partial charge in [-0.05, 0) is 52.2 Å². The Balaban J connectivity index is 1.93. The molecule has 1 aliphatic rings. The zero-order valence-corrected chi connectivity index (χ0v) is 22.6. The third kappa shape index (κ3) is 6.77. The highest BCUT2D eigenvalue weighted by atomic mass is 79.9. The minimum Gasteiger partial charge on any atom is -0.506 e. The molecule has 0 aromatic heterocycles. The number of esters is 1. The van der Waals surface area contributed by atoms with E-state index in [2.05, 4.69) is 20.9 Å². The van der Waals surface area contributed by atoms with Crippen LogP contribution < -0.4 is 9.47 Å². The number of nitrogens with zero attached hydrogens (tertiary/aromatic N) is 2. The van der Waals surface area contributed by atoms with Gasteiger partial charge in [0.15, 0.2) is 11.5 Å². The molecule has 0 fully saturated rings. The van der Waals surface area contributed by atoms with Crippen molar-refractivity contribution in [1.82, 2.24) is 0 Å². The highest BCUT2D eigenvalue weighted by Gasteiger charge is 2.33. The van der Waals surface area contributed by atoms with Gasteiger partial charge in [-0.3, -0.25) is 14.9 Å². The number of hydrogen-bond donors (Lipinski definition) is 1. The molecule has 10 nitrogen and oxygen atoms in total. The summed E-state index contributed by atoms with van der Waals surface area (Å²) in [5.74, 6) is -0.820. The number of aliphatic imine (C=N–C) groups is 1. The number of thioether (sulfide) groups is 1. The second-order valence-electron chi connectivity index (χ2n) is 7.47. The van der Waals surface area contributed by atoms with Crippen molar-refractivity contribution in [3.8, 4) is 11.5 Å². The van der Waals surface area contributed by atoms with Crippen LogP contribution in [0.25, 0.3) is 6.08 Å². The molecule has 3 rings (SSSR count). The van der Waals surface area contributed by atoms with Crippen LogP contribution in [-0.2, 0) is 20.9 Å². The molecule has 2 aromatic carbocycles. The normalized spacial score (nSPS) is 15.2. The Hall–Kier alpha value is -3.64. The summed E-state index contributed by atoms with van der Waals surface area (Å²) in [4.78, 5) is 39.1. The smallest absolute Gasteiger partial charge is 0.344 e. The van der Waals surface area contributed by atoms with E-state index in [4.69, 9.17) is 14.2 Å². The fourth-order valence-corrected chi connectivity index (χ4v) is 4.82. The zero-order valence-electron chi connectivity index (χ0n) is 20.1. The number of aliphatic hydroxyl groups is 1. The molecule has 37 heavy (non-hydrogen) atoms. The lowest BCUT2D eigenvalue weighted by Crippen LogP contribution is -2.14. The maximum absolute atomic E-state index is 12.4. The van der Waals surface area contributed by atoms with Crippen molar-refractivity contribution < 1.29 is 33.8 Å². The minimum absolute atomic E-state index is 0.0400. The van der Waals surface area contributed by atoms with Gasteiger partial charge in [0.05, 0.1) is 28.0 Å². The van der Waals surface area contributed by atoms with Gasteiger partial charge in [0.1, 0.15) is 23.0 Å². The summed E-state index contributed by atoms with van der Waals surface area (Å²) in [6, 6.07) is 9.48. The zero-order chi connectivity index (χ0) is 27.1. The lowest BCUT2D eigenvalue weighted by atomic mass is 10.1. The van der Waals surface area contributed by atoms with Crippen molar-refractivity contribution in [2.45, 2.75) is 26.9 Å². The fraction of sp³-hybridized carbons (Fsp3) is 0.240. The first-order chi connectivity index (χ1) is 17.7. The van der Waals surface area contributed by atoms with Crippen LogP contribution in [-0.4, -0.2) is 40.7 Å². The predicted molar refractivity (Wildman–Crippen MR) is 143 cm³/mol. The molecule has 0 bridgehead atoms. The number of nitro groups is 1. The number of hydrogen-bond acceptors (Lipinski definition) is 9. The lowest BCUT2D eigenvalue weighted by molar-refractivity contribution is -0.384. The quantitative estimate of drug-likeness (QED) is 0.220. The van der Waals surface area contributed by atoms with Crippen molar-refractivity contribution in [3.05, 3.63) is 78.3 Å². The predicted octanol–water partition coefficient (Wildman–Crippen LogP) is 5.74. The van der Waals surface area contributed by atoms with E-state index in [1.54, 1.807) is 44.2 Å². The van der Waals surface area contributed by atoms with E-state index in [1.165, 1.54) is 19.2 Å². The first kappa shape index (κ1) is 27.9. The first-order valence-electron chi connectivity index (χ1n) is 11.0. The summed E-state index contributed by atoms with van der Waals surface area (Å²) in [6.45, 7) is 3.43. The van der Waals surface area contributed by atoms with Gasteiger partial charge in [0, 0.05) is 18.6 Å². The molecule has 1 heterocycles. The van der Waals surface area contributed by atoms with Crippen LogP contribution in [0.5, 0.6) is 11.5 Å². The average Bonchev–Trinajstić information content (AvgIpc) is 3.17. The number of carbonyl (C=O) groups excluding carboxylic acids is 2. The number of benzene rings is 2. The Bertz CT molecular complexity index is 1340. The highest BCUT2D eigenvalue weighted by molar-refractivity contribution is 9.10. The third-order valence-electron chi connectivity index (χ3n) is 4.95. The average molecular weight is 591 g/mol. The van der Waals surface area contributed by atoms with Gasteiger partial charge in [-0.1, -0.05) is 30.8 Å². The number of halogens is 1. The van der Waals surface area contributed by atoms with E-state index >= 15 is 0 Å². The second kappa shape index (κ2) is 12.5. The summed E-state index contributed by atoms with van der Waals surface area (Å²) in [5.41, 5.74) is 0.989. The fourth-order valence-electron chi connectivity index (χ4n) is 3.21. The molecule has 194 valence electrons. The van der Waals surface area contributed by atoms with Crippen LogP contribution in [0, 0.1) is 10.1 Å². The maximum atomic E-state index is 12.4. The van der Waals surface area contributed by atoms with Crippen molar-refractivity contribution in [1.29, 1.82) is 0 Å². The minimum atomic E-state index is -0.776. The Kier molecular flexibility index (Phi) is 9.48.